The molecule has 154 valence electrons. The fourth-order valence-corrected chi connectivity index (χ4v) is 3.30. The van der Waals surface area contributed by atoms with Gasteiger partial charge in [-0.2, -0.15) is 10.1 Å². The van der Waals surface area contributed by atoms with E-state index in [2.05, 4.69) is 30.9 Å². The van der Waals surface area contributed by atoms with E-state index in [9.17, 15) is 4.79 Å². The minimum Gasteiger partial charge on any atom is -0.496 e. The molecule has 0 spiro atoms. The number of carbonyl (C=O) groups excluding carboxylic acids is 1. The van der Waals surface area contributed by atoms with Gasteiger partial charge in [-0.05, 0) is 43.7 Å². The van der Waals surface area contributed by atoms with Crippen LogP contribution in [-0.4, -0.2) is 44.5 Å². The van der Waals surface area contributed by atoms with Crippen LogP contribution in [0.3, 0.4) is 0 Å². The molecule has 0 radical (unpaired) electrons. The van der Waals surface area contributed by atoms with Crippen LogP contribution in [0.25, 0.3) is 22.3 Å². The van der Waals surface area contributed by atoms with Crippen molar-refractivity contribution in [2.24, 2.45) is 7.05 Å². The van der Waals surface area contributed by atoms with Crippen LogP contribution in [0.1, 0.15) is 22.8 Å². The number of rotatable bonds is 6. The number of aromatic amines is 1. The van der Waals surface area contributed by atoms with Gasteiger partial charge in [0.1, 0.15) is 5.75 Å². The Morgan fingerprint density at radius 3 is 2.87 bits per heavy atom. The molecule has 3 N–H and O–H groups in total. The van der Waals surface area contributed by atoms with Gasteiger partial charge in [0.05, 0.1) is 24.4 Å². The second-order valence-electron chi connectivity index (χ2n) is 6.85. The maximum Gasteiger partial charge on any atom is 0.255 e. The van der Waals surface area contributed by atoms with E-state index in [0.29, 0.717) is 29.6 Å². The first-order chi connectivity index (χ1) is 14.5. The zero-order valence-corrected chi connectivity index (χ0v) is 17.3. The summed E-state index contributed by atoms with van der Waals surface area (Å²) < 4.78 is 7.09. The number of benzene rings is 2. The van der Waals surface area contributed by atoms with Gasteiger partial charge in [0.25, 0.3) is 5.91 Å². The zero-order valence-electron chi connectivity index (χ0n) is 17.3. The number of aromatic nitrogens is 5. The Kier molecular flexibility index (Phi) is 5.09. The molecule has 9 nitrogen and oxygen atoms in total. The Morgan fingerprint density at radius 2 is 2.10 bits per heavy atom. The quantitative estimate of drug-likeness (QED) is 0.455. The third kappa shape index (κ3) is 3.45. The molecule has 4 rings (SSSR count). The number of hydrogen-bond acceptors (Lipinski definition) is 6. The maximum atomic E-state index is 12.2. The number of aryl methyl sites for hydroxylation is 2. The number of nitrogens with one attached hydrogen (secondary N) is 3. The van der Waals surface area contributed by atoms with Crippen molar-refractivity contribution >= 4 is 28.4 Å². The van der Waals surface area contributed by atoms with Crippen LogP contribution in [-0.2, 0) is 7.05 Å². The summed E-state index contributed by atoms with van der Waals surface area (Å²) in [6, 6.07) is 9.26. The summed E-state index contributed by atoms with van der Waals surface area (Å²) >= 11 is 0. The van der Waals surface area contributed by atoms with Crippen LogP contribution in [0.4, 0.5) is 11.6 Å². The monoisotopic (exact) mass is 405 g/mol. The SMILES string of the molecule is CCNC(=O)c1ccc(-c2nc(Nc3ccc4[nH]ncc4c3C)n(C)n2)cc1OC. The number of hydrogen-bond donors (Lipinski definition) is 3. The molecule has 0 unspecified atom stereocenters. The topological polar surface area (TPSA) is 110 Å². The lowest BCUT2D eigenvalue weighted by atomic mass is 10.1. The molecule has 0 aliphatic heterocycles. The number of nitrogens with zero attached hydrogens (tertiary/aromatic N) is 4. The first-order valence-corrected chi connectivity index (χ1v) is 9.59. The van der Waals surface area contributed by atoms with Gasteiger partial charge < -0.3 is 15.4 Å². The van der Waals surface area contributed by atoms with Crippen molar-refractivity contribution in [2.75, 3.05) is 19.0 Å². The first kappa shape index (κ1) is 19.4. The number of fused-ring (bicyclic) bond motifs is 1. The smallest absolute Gasteiger partial charge is 0.255 e. The number of methoxy groups -OCH3 is 1. The Labute approximate surface area is 173 Å². The first-order valence-electron chi connectivity index (χ1n) is 9.59. The summed E-state index contributed by atoms with van der Waals surface area (Å²) in [5.74, 6) is 1.43. The average molecular weight is 405 g/mol. The van der Waals surface area contributed by atoms with Crippen molar-refractivity contribution in [3.8, 4) is 17.1 Å². The van der Waals surface area contributed by atoms with Crippen molar-refractivity contribution < 1.29 is 9.53 Å². The van der Waals surface area contributed by atoms with Crippen molar-refractivity contribution in [3.63, 3.8) is 0 Å². The fraction of sp³-hybridized carbons (Fsp3) is 0.238. The molecule has 0 fully saturated rings. The van der Waals surface area contributed by atoms with E-state index in [-0.39, 0.29) is 5.91 Å². The van der Waals surface area contributed by atoms with Gasteiger partial charge in [-0.25, -0.2) is 4.68 Å². The lowest BCUT2D eigenvalue weighted by Gasteiger charge is -2.09. The van der Waals surface area contributed by atoms with Crippen LogP contribution in [0.2, 0.25) is 0 Å². The second-order valence-corrected chi connectivity index (χ2v) is 6.85. The molecule has 1 amide bonds. The normalized spacial score (nSPS) is 10.9. The molecule has 4 aromatic rings. The van der Waals surface area contributed by atoms with Gasteiger partial charge in [0.2, 0.25) is 5.95 Å². The number of ether oxygens (including phenoxy) is 1. The molecular weight excluding hydrogens is 382 g/mol. The summed E-state index contributed by atoms with van der Waals surface area (Å²) in [5, 5.41) is 18.7. The standard InChI is InChI=1S/C21H23N7O2/c1-5-22-20(29)14-7-6-13(10-18(14)30-4)19-25-21(28(3)27-19)24-16-8-9-17-15(12(16)2)11-23-26-17/h6-11H,5H2,1-4H3,(H,22,29)(H,23,26)(H,24,25,27). The fourth-order valence-electron chi connectivity index (χ4n) is 3.30. The third-order valence-corrected chi connectivity index (χ3v) is 4.94. The number of anilines is 2. The predicted octanol–water partition coefficient (Wildman–Crippen LogP) is 3.17. The van der Waals surface area contributed by atoms with Crippen LogP contribution < -0.4 is 15.4 Å². The third-order valence-electron chi connectivity index (χ3n) is 4.94. The number of H-pyrrole nitrogens is 1. The van der Waals surface area contributed by atoms with Gasteiger partial charge in [-0.15, -0.1) is 5.10 Å². The Hall–Kier alpha value is -3.88. The van der Waals surface area contributed by atoms with Crippen molar-refractivity contribution in [3.05, 3.63) is 47.7 Å². The summed E-state index contributed by atoms with van der Waals surface area (Å²) in [6.07, 6.45) is 1.81. The van der Waals surface area contributed by atoms with Crippen molar-refractivity contribution in [1.82, 2.24) is 30.3 Å². The lowest BCUT2D eigenvalue weighted by Crippen LogP contribution is -2.23. The Morgan fingerprint density at radius 1 is 1.27 bits per heavy atom. The van der Waals surface area contributed by atoms with Crippen LogP contribution >= 0.6 is 0 Å². The van der Waals surface area contributed by atoms with Gasteiger partial charge in [0, 0.05) is 30.2 Å². The highest BCUT2D eigenvalue weighted by Crippen LogP contribution is 2.29. The maximum absolute atomic E-state index is 12.2. The van der Waals surface area contributed by atoms with Gasteiger partial charge in [-0.3, -0.25) is 9.89 Å². The minimum atomic E-state index is -0.178. The van der Waals surface area contributed by atoms with E-state index in [1.807, 2.05) is 39.1 Å². The van der Waals surface area contributed by atoms with Crippen molar-refractivity contribution in [2.45, 2.75) is 13.8 Å². The summed E-state index contributed by atoms with van der Waals surface area (Å²) in [4.78, 5) is 16.8. The number of carbonyl (C=O) groups is 1. The molecule has 9 heteroatoms. The molecule has 0 bridgehead atoms. The largest absolute Gasteiger partial charge is 0.496 e. The molecule has 0 saturated heterocycles. The summed E-state index contributed by atoms with van der Waals surface area (Å²) in [7, 11) is 3.36. The van der Waals surface area contributed by atoms with Gasteiger partial charge in [-0.1, -0.05) is 6.07 Å². The summed E-state index contributed by atoms with van der Waals surface area (Å²) in [6.45, 7) is 4.45. The second kappa shape index (κ2) is 7.86. The molecule has 0 aliphatic carbocycles. The van der Waals surface area contributed by atoms with Crippen LogP contribution in [0.5, 0.6) is 5.75 Å². The van der Waals surface area contributed by atoms with E-state index in [4.69, 9.17) is 4.74 Å². The molecule has 2 aromatic carbocycles. The van der Waals surface area contributed by atoms with Gasteiger partial charge >= 0.3 is 0 Å². The van der Waals surface area contributed by atoms with E-state index < -0.39 is 0 Å². The molecule has 0 atom stereocenters. The van der Waals surface area contributed by atoms with Gasteiger partial charge in [0.15, 0.2) is 5.82 Å². The van der Waals surface area contributed by atoms with E-state index in [1.165, 1.54) is 7.11 Å². The van der Waals surface area contributed by atoms with Crippen LogP contribution in [0.15, 0.2) is 36.5 Å². The molecule has 2 aromatic heterocycles. The Bertz CT molecular complexity index is 1230. The minimum absolute atomic E-state index is 0.178. The van der Waals surface area contributed by atoms with E-state index in [0.717, 1.165) is 27.7 Å². The molecule has 0 saturated carbocycles. The van der Waals surface area contributed by atoms with E-state index in [1.54, 1.807) is 23.0 Å². The zero-order chi connectivity index (χ0) is 21.3. The van der Waals surface area contributed by atoms with Crippen LogP contribution in [0, 0.1) is 6.92 Å². The molecule has 0 aliphatic rings. The highest BCUT2D eigenvalue weighted by molar-refractivity contribution is 5.97. The lowest BCUT2D eigenvalue weighted by molar-refractivity contribution is 0.0953. The number of amides is 1. The van der Waals surface area contributed by atoms with E-state index >= 15 is 0 Å². The predicted molar refractivity (Wildman–Crippen MR) is 115 cm³/mol. The molecule has 2 heterocycles. The average Bonchev–Trinajstić information content (AvgIpc) is 3.37. The van der Waals surface area contributed by atoms with Crippen molar-refractivity contribution in [1.29, 1.82) is 0 Å². The molecular formula is C21H23N7O2. The Balaban J connectivity index is 1.65. The summed E-state index contributed by atoms with van der Waals surface area (Å²) in [5.41, 5.74) is 4.21. The highest BCUT2D eigenvalue weighted by Gasteiger charge is 2.16. The highest BCUT2D eigenvalue weighted by atomic mass is 16.5. The molecule has 30 heavy (non-hydrogen) atoms.